The van der Waals surface area contributed by atoms with Crippen LogP contribution in [0.1, 0.15) is 35.8 Å². The normalized spacial score (nSPS) is 11.0. The van der Waals surface area contributed by atoms with Crippen LogP contribution in [0.25, 0.3) is 21.3 Å². The van der Waals surface area contributed by atoms with Crippen LogP contribution in [-0.2, 0) is 11.2 Å². The Hall–Kier alpha value is -3.25. The molecule has 0 aliphatic rings. The molecule has 0 saturated carbocycles. The Morgan fingerprint density at radius 2 is 1.84 bits per heavy atom. The van der Waals surface area contributed by atoms with E-state index in [0.717, 1.165) is 33.7 Å². The van der Waals surface area contributed by atoms with E-state index in [2.05, 4.69) is 52.6 Å². The Kier molecular flexibility index (Phi) is 6.81. The molecular weight excluding hydrogens is 416 g/mol. The van der Waals surface area contributed by atoms with Crippen molar-refractivity contribution in [1.29, 1.82) is 0 Å². The van der Waals surface area contributed by atoms with Gasteiger partial charge in [-0.25, -0.2) is 9.97 Å². The molecule has 0 saturated heterocycles. The van der Waals surface area contributed by atoms with Gasteiger partial charge in [0.2, 0.25) is 5.91 Å². The zero-order chi connectivity index (χ0) is 22.5. The lowest BCUT2D eigenvalue weighted by Gasteiger charge is -2.13. The number of nitrogens with one attached hydrogen (secondary N) is 2. The first kappa shape index (κ1) is 22.0. The summed E-state index contributed by atoms with van der Waals surface area (Å²) in [5.74, 6) is 0.866. The lowest BCUT2D eigenvalue weighted by molar-refractivity contribution is -0.116. The van der Waals surface area contributed by atoms with Crippen LogP contribution < -0.4 is 10.6 Å². The number of hydrogen-bond acceptors (Lipinski definition) is 5. The molecule has 0 atom stereocenters. The zero-order valence-corrected chi connectivity index (χ0v) is 19.6. The van der Waals surface area contributed by atoms with Crippen LogP contribution in [0.5, 0.6) is 0 Å². The first-order valence-electron chi connectivity index (χ1n) is 11.0. The first-order valence-corrected chi connectivity index (χ1v) is 11.8. The van der Waals surface area contributed by atoms with Crippen molar-refractivity contribution >= 4 is 39.0 Å². The lowest BCUT2D eigenvalue weighted by Crippen LogP contribution is -2.15. The highest BCUT2D eigenvalue weighted by atomic mass is 32.1. The van der Waals surface area contributed by atoms with Crippen LogP contribution in [0.2, 0.25) is 0 Å². The summed E-state index contributed by atoms with van der Waals surface area (Å²) in [4.78, 5) is 23.7. The molecule has 0 aliphatic heterocycles. The Labute approximate surface area is 192 Å². The van der Waals surface area contributed by atoms with Gasteiger partial charge in [0.15, 0.2) is 0 Å². The van der Waals surface area contributed by atoms with Gasteiger partial charge in [-0.3, -0.25) is 4.79 Å². The Morgan fingerprint density at radius 3 is 2.62 bits per heavy atom. The van der Waals surface area contributed by atoms with Gasteiger partial charge in [-0.15, -0.1) is 11.3 Å². The highest BCUT2D eigenvalue weighted by molar-refractivity contribution is 7.19. The fraction of sp³-hybridized carbons (Fsp3) is 0.269. The van der Waals surface area contributed by atoms with Gasteiger partial charge in [-0.05, 0) is 43.4 Å². The van der Waals surface area contributed by atoms with Gasteiger partial charge in [-0.2, -0.15) is 0 Å². The fourth-order valence-corrected chi connectivity index (χ4v) is 5.00. The summed E-state index contributed by atoms with van der Waals surface area (Å²) in [5.41, 5.74) is 5.56. The number of aryl methyl sites for hydroxylation is 3. The molecule has 6 heteroatoms. The van der Waals surface area contributed by atoms with E-state index >= 15 is 0 Å². The zero-order valence-electron chi connectivity index (χ0n) is 18.7. The SMILES string of the molecule is CCc1cccc(C)c1NC(=O)CCCNc1ncnc2sc(C)c(-c3ccccc3)c12. The van der Waals surface area contributed by atoms with Crippen molar-refractivity contribution in [2.24, 2.45) is 0 Å². The highest BCUT2D eigenvalue weighted by Gasteiger charge is 2.16. The Morgan fingerprint density at radius 1 is 1.03 bits per heavy atom. The minimum absolute atomic E-state index is 0.0417. The number of aromatic nitrogens is 2. The van der Waals surface area contributed by atoms with Crippen molar-refractivity contribution in [2.45, 2.75) is 40.0 Å². The molecule has 164 valence electrons. The van der Waals surface area contributed by atoms with E-state index in [-0.39, 0.29) is 5.91 Å². The second-order valence-corrected chi connectivity index (χ2v) is 9.05. The van der Waals surface area contributed by atoms with E-state index in [0.29, 0.717) is 19.4 Å². The summed E-state index contributed by atoms with van der Waals surface area (Å²) >= 11 is 1.68. The number of hydrogen-bond donors (Lipinski definition) is 2. The Bertz CT molecular complexity index is 1230. The van der Waals surface area contributed by atoms with E-state index in [1.807, 2.05) is 37.3 Å². The summed E-state index contributed by atoms with van der Waals surface area (Å²) in [6, 6.07) is 16.5. The number of amides is 1. The second-order valence-electron chi connectivity index (χ2n) is 7.84. The number of carbonyl (C=O) groups excluding carboxylic acids is 1. The van der Waals surface area contributed by atoms with Crippen molar-refractivity contribution in [2.75, 3.05) is 17.2 Å². The molecule has 0 spiro atoms. The number of para-hydroxylation sites is 1. The van der Waals surface area contributed by atoms with E-state index in [9.17, 15) is 4.79 Å². The summed E-state index contributed by atoms with van der Waals surface area (Å²) in [6.45, 7) is 6.92. The molecule has 1 amide bonds. The third-order valence-electron chi connectivity index (χ3n) is 5.60. The third kappa shape index (κ3) is 4.65. The van der Waals surface area contributed by atoms with E-state index in [4.69, 9.17) is 0 Å². The van der Waals surface area contributed by atoms with Gasteiger partial charge in [0, 0.05) is 29.1 Å². The van der Waals surface area contributed by atoms with Crippen LogP contribution >= 0.6 is 11.3 Å². The number of fused-ring (bicyclic) bond motifs is 1. The number of anilines is 2. The topological polar surface area (TPSA) is 66.9 Å². The van der Waals surface area contributed by atoms with Crippen LogP contribution in [0.15, 0.2) is 54.9 Å². The van der Waals surface area contributed by atoms with Gasteiger partial charge in [0.1, 0.15) is 17.0 Å². The van der Waals surface area contributed by atoms with E-state index in [1.54, 1.807) is 17.7 Å². The lowest BCUT2D eigenvalue weighted by atomic mass is 10.0. The highest BCUT2D eigenvalue weighted by Crippen LogP contribution is 2.40. The number of carbonyl (C=O) groups is 1. The molecule has 32 heavy (non-hydrogen) atoms. The summed E-state index contributed by atoms with van der Waals surface area (Å²) in [7, 11) is 0. The molecule has 4 rings (SSSR count). The monoisotopic (exact) mass is 444 g/mol. The predicted molar refractivity (Wildman–Crippen MR) is 134 cm³/mol. The average molecular weight is 445 g/mol. The van der Waals surface area contributed by atoms with Gasteiger partial charge in [-0.1, -0.05) is 55.5 Å². The maximum Gasteiger partial charge on any atom is 0.224 e. The summed E-state index contributed by atoms with van der Waals surface area (Å²) < 4.78 is 0. The average Bonchev–Trinajstić information content (AvgIpc) is 3.15. The third-order valence-corrected chi connectivity index (χ3v) is 6.62. The standard InChI is InChI=1S/C26H28N4OS/c1-4-19-13-8-10-17(2)24(19)30-21(31)14-9-15-27-25-23-22(20-11-6-5-7-12-20)18(3)32-26(23)29-16-28-25/h5-8,10-13,16H,4,9,14-15H2,1-3H3,(H,30,31)(H,27,28,29). The van der Waals surface area contributed by atoms with Crippen molar-refractivity contribution in [3.63, 3.8) is 0 Å². The molecular formula is C26H28N4OS. The summed E-state index contributed by atoms with van der Waals surface area (Å²) in [6.07, 6.45) is 3.67. The minimum atomic E-state index is 0.0417. The minimum Gasteiger partial charge on any atom is -0.369 e. The van der Waals surface area contributed by atoms with Gasteiger partial charge < -0.3 is 10.6 Å². The molecule has 0 radical (unpaired) electrons. The molecule has 2 aromatic carbocycles. The number of thiophene rings is 1. The number of nitrogens with zero attached hydrogens (tertiary/aromatic N) is 2. The van der Waals surface area contributed by atoms with Gasteiger partial charge >= 0.3 is 0 Å². The molecule has 2 aromatic heterocycles. The van der Waals surface area contributed by atoms with Crippen molar-refractivity contribution in [1.82, 2.24) is 9.97 Å². The van der Waals surface area contributed by atoms with Gasteiger partial charge in [0.25, 0.3) is 0 Å². The molecule has 4 aromatic rings. The van der Waals surface area contributed by atoms with Crippen molar-refractivity contribution in [3.05, 3.63) is 70.9 Å². The van der Waals surface area contributed by atoms with Crippen molar-refractivity contribution < 1.29 is 4.79 Å². The summed E-state index contributed by atoms with van der Waals surface area (Å²) in [5, 5.41) is 7.60. The molecule has 0 bridgehead atoms. The molecule has 0 fully saturated rings. The largest absolute Gasteiger partial charge is 0.369 e. The Balaban J connectivity index is 1.43. The maximum absolute atomic E-state index is 12.5. The van der Waals surface area contributed by atoms with Crippen molar-refractivity contribution in [3.8, 4) is 11.1 Å². The van der Waals surface area contributed by atoms with Crippen LogP contribution in [-0.4, -0.2) is 22.4 Å². The molecule has 2 N–H and O–H groups in total. The van der Waals surface area contributed by atoms with Gasteiger partial charge in [0.05, 0.1) is 5.39 Å². The maximum atomic E-state index is 12.5. The molecule has 5 nitrogen and oxygen atoms in total. The molecule has 0 unspecified atom stereocenters. The van der Waals surface area contributed by atoms with E-state index in [1.165, 1.54) is 21.6 Å². The predicted octanol–water partition coefficient (Wildman–Crippen LogP) is 6.37. The quantitative estimate of drug-likeness (QED) is 0.310. The molecule has 2 heterocycles. The first-order chi connectivity index (χ1) is 15.6. The smallest absolute Gasteiger partial charge is 0.224 e. The number of benzene rings is 2. The van der Waals surface area contributed by atoms with Crippen LogP contribution in [0, 0.1) is 13.8 Å². The van der Waals surface area contributed by atoms with Crippen LogP contribution in [0.4, 0.5) is 11.5 Å². The van der Waals surface area contributed by atoms with E-state index < -0.39 is 0 Å². The molecule has 0 aliphatic carbocycles. The number of rotatable bonds is 8. The second kappa shape index (κ2) is 9.92. The fourth-order valence-electron chi connectivity index (χ4n) is 3.99. The van der Waals surface area contributed by atoms with Crippen LogP contribution in [0.3, 0.4) is 0 Å².